The number of pyridine rings is 1. The Morgan fingerprint density at radius 3 is 2.75 bits per heavy atom. The summed E-state index contributed by atoms with van der Waals surface area (Å²) >= 11 is 1.55. The van der Waals surface area contributed by atoms with Crippen LogP contribution in [0.25, 0.3) is 21.7 Å². The molecule has 0 aliphatic heterocycles. The summed E-state index contributed by atoms with van der Waals surface area (Å²) in [5.41, 5.74) is 1.58. The Hall–Kier alpha value is -2.88. The molecule has 0 unspecified atom stereocenters. The van der Waals surface area contributed by atoms with Crippen LogP contribution in [0.5, 0.6) is 0 Å². The van der Waals surface area contributed by atoms with E-state index >= 15 is 0 Å². The van der Waals surface area contributed by atoms with Gasteiger partial charge in [0, 0.05) is 12.7 Å². The zero-order chi connectivity index (χ0) is 19.6. The van der Waals surface area contributed by atoms with Crippen molar-refractivity contribution in [3.8, 4) is 11.5 Å². The van der Waals surface area contributed by atoms with Gasteiger partial charge in [-0.3, -0.25) is 4.98 Å². The standard InChI is InChI=1S/C19H17N5O2S2/c20-28(25,26)14-5-3-4-13(12-14)7-10-22-17-15-8-11-27-19(15)24-18(23-17)16-6-1-2-9-21-16/h1-6,8-9,11-12H,7,10H2,(H2,20,25,26)(H,22,23,24). The van der Waals surface area contributed by atoms with Gasteiger partial charge in [0.25, 0.3) is 0 Å². The first kappa shape index (κ1) is 18.5. The number of fused-ring (bicyclic) bond motifs is 1. The fraction of sp³-hybridized carbons (Fsp3) is 0.105. The molecule has 142 valence electrons. The second kappa shape index (κ2) is 7.63. The maximum atomic E-state index is 11.5. The number of hydrogen-bond acceptors (Lipinski definition) is 7. The van der Waals surface area contributed by atoms with Crippen molar-refractivity contribution in [3.63, 3.8) is 0 Å². The molecule has 0 aliphatic carbocycles. The Morgan fingerprint density at radius 1 is 1.07 bits per heavy atom. The number of rotatable bonds is 6. The van der Waals surface area contributed by atoms with E-state index in [1.165, 1.54) is 6.07 Å². The average Bonchev–Trinajstić information content (AvgIpc) is 3.17. The zero-order valence-electron chi connectivity index (χ0n) is 14.7. The van der Waals surface area contributed by atoms with Crippen LogP contribution in [0.3, 0.4) is 0 Å². The highest BCUT2D eigenvalue weighted by Crippen LogP contribution is 2.27. The minimum absolute atomic E-state index is 0.115. The molecule has 0 amide bonds. The van der Waals surface area contributed by atoms with E-state index in [-0.39, 0.29) is 4.90 Å². The molecule has 0 bridgehead atoms. The maximum absolute atomic E-state index is 11.5. The van der Waals surface area contributed by atoms with E-state index in [1.807, 2.05) is 35.7 Å². The van der Waals surface area contributed by atoms with Crippen molar-refractivity contribution in [2.45, 2.75) is 11.3 Å². The maximum Gasteiger partial charge on any atom is 0.238 e. The van der Waals surface area contributed by atoms with Gasteiger partial charge in [0.2, 0.25) is 10.0 Å². The summed E-state index contributed by atoms with van der Waals surface area (Å²) in [4.78, 5) is 14.6. The van der Waals surface area contributed by atoms with Crippen molar-refractivity contribution in [1.82, 2.24) is 15.0 Å². The predicted octanol–water partition coefficient (Wildman–Crippen LogP) is 3.06. The van der Waals surface area contributed by atoms with E-state index in [2.05, 4.69) is 20.3 Å². The molecule has 28 heavy (non-hydrogen) atoms. The molecule has 0 atom stereocenters. The lowest BCUT2D eigenvalue weighted by atomic mass is 10.1. The molecule has 0 fully saturated rings. The lowest BCUT2D eigenvalue weighted by Gasteiger charge is -2.09. The van der Waals surface area contributed by atoms with Crippen LogP contribution in [0.2, 0.25) is 0 Å². The second-order valence-electron chi connectivity index (χ2n) is 6.12. The summed E-state index contributed by atoms with van der Waals surface area (Å²) in [5.74, 6) is 1.30. The lowest BCUT2D eigenvalue weighted by molar-refractivity contribution is 0.597. The monoisotopic (exact) mass is 411 g/mol. The number of thiophene rings is 1. The van der Waals surface area contributed by atoms with Crippen LogP contribution in [0.4, 0.5) is 5.82 Å². The van der Waals surface area contributed by atoms with Gasteiger partial charge in [0.15, 0.2) is 5.82 Å². The molecule has 3 aromatic heterocycles. The number of hydrogen-bond donors (Lipinski definition) is 2. The van der Waals surface area contributed by atoms with Gasteiger partial charge in [-0.05, 0) is 47.7 Å². The first-order valence-electron chi connectivity index (χ1n) is 8.53. The molecule has 3 N–H and O–H groups in total. The third kappa shape index (κ3) is 4.01. The van der Waals surface area contributed by atoms with Crippen LogP contribution in [-0.4, -0.2) is 29.9 Å². The van der Waals surface area contributed by atoms with E-state index in [1.54, 1.807) is 29.7 Å². The van der Waals surface area contributed by atoms with Gasteiger partial charge in [-0.1, -0.05) is 18.2 Å². The number of aromatic nitrogens is 3. The third-order valence-corrected chi connectivity index (χ3v) is 5.87. The molecule has 0 aliphatic rings. The summed E-state index contributed by atoms with van der Waals surface area (Å²) in [6.45, 7) is 0.581. The predicted molar refractivity (Wildman–Crippen MR) is 111 cm³/mol. The van der Waals surface area contributed by atoms with Crippen molar-refractivity contribution in [2.24, 2.45) is 5.14 Å². The Morgan fingerprint density at radius 2 is 1.96 bits per heavy atom. The third-order valence-electron chi connectivity index (χ3n) is 4.15. The highest BCUT2D eigenvalue weighted by Gasteiger charge is 2.12. The fourth-order valence-corrected chi connectivity index (χ4v) is 4.15. The van der Waals surface area contributed by atoms with Crippen molar-refractivity contribution in [3.05, 3.63) is 65.7 Å². The Kier molecular flexibility index (Phi) is 5.03. The van der Waals surface area contributed by atoms with Crippen LogP contribution in [0, 0.1) is 0 Å². The molecule has 0 spiro atoms. The van der Waals surface area contributed by atoms with Gasteiger partial charge in [-0.25, -0.2) is 23.5 Å². The molecular formula is C19H17N5O2S2. The van der Waals surface area contributed by atoms with Gasteiger partial charge in [-0.2, -0.15) is 0 Å². The topological polar surface area (TPSA) is 111 Å². The van der Waals surface area contributed by atoms with E-state index in [4.69, 9.17) is 5.14 Å². The highest BCUT2D eigenvalue weighted by molar-refractivity contribution is 7.89. The summed E-state index contributed by atoms with van der Waals surface area (Å²) < 4.78 is 23.0. The van der Waals surface area contributed by atoms with Gasteiger partial charge >= 0.3 is 0 Å². The van der Waals surface area contributed by atoms with Gasteiger partial charge in [-0.15, -0.1) is 11.3 Å². The highest BCUT2D eigenvalue weighted by atomic mass is 32.2. The largest absolute Gasteiger partial charge is 0.369 e. The second-order valence-corrected chi connectivity index (χ2v) is 8.58. The number of primary sulfonamides is 1. The summed E-state index contributed by atoms with van der Waals surface area (Å²) in [5, 5.41) is 11.5. The Labute approximate surface area is 166 Å². The van der Waals surface area contributed by atoms with Crippen molar-refractivity contribution in [2.75, 3.05) is 11.9 Å². The van der Waals surface area contributed by atoms with Gasteiger partial charge in [0.05, 0.1) is 10.3 Å². The van der Waals surface area contributed by atoms with Gasteiger partial charge in [0.1, 0.15) is 16.3 Å². The number of nitrogens with two attached hydrogens (primary N) is 1. The number of sulfonamides is 1. The first-order chi connectivity index (χ1) is 13.5. The van der Waals surface area contributed by atoms with E-state index in [0.29, 0.717) is 24.5 Å². The van der Waals surface area contributed by atoms with E-state index in [0.717, 1.165) is 21.6 Å². The number of nitrogens with one attached hydrogen (secondary N) is 1. The molecule has 1 aromatic carbocycles. The van der Waals surface area contributed by atoms with Crippen molar-refractivity contribution >= 4 is 37.4 Å². The summed E-state index contributed by atoms with van der Waals surface area (Å²) in [6, 6.07) is 14.2. The Bertz CT molecular complexity index is 1220. The molecule has 0 saturated heterocycles. The molecule has 7 nitrogen and oxygen atoms in total. The number of nitrogens with zero attached hydrogens (tertiary/aromatic N) is 3. The molecular weight excluding hydrogens is 394 g/mol. The van der Waals surface area contributed by atoms with Crippen LogP contribution in [-0.2, 0) is 16.4 Å². The van der Waals surface area contributed by atoms with Crippen molar-refractivity contribution < 1.29 is 8.42 Å². The molecule has 0 saturated carbocycles. The van der Waals surface area contributed by atoms with E-state index < -0.39 is 10.0 Å². The first-order valence-corrected chi connectivity index (χ1v) is 11.0. The molecule has 3 heterocycles. The zero-order valence-corrected chi connectivity index (χ0v) is 16.4. The minimum atomic E-state index is -3.71. The quantitative estimate of drug-likeness (QED) is 0.504. The fourth-order valence-electron chi connectivity index (χ4n) is 2.80. The Balaban J connectivity index is 1.56. The van der Waals surface area contributed by atoms with Crippen LogP contribution >= 0.6 is 11.3 Å². The number of benzene rings is 1. The van der Waals surface area contributed by atoms with Crippen LogP contribution in [0.1, 0.15) is 5.56 Å². The van der Waals surface area contributed by atoms with E-state index in [9.17, 15) is 8.42 Å². The van der Waals surface area contributed by atoms with Gasteiger partial charge < -0.3 is 5.32 Å². The minimum Gasteiger partial charge on any atom is -0.369 e. The molecule has 9 heteroatoms. The molecule has 4 rings (SSSR count). The average molecular weight is 412 g/mol. The number of anilines is 1. The lowest BCUT2D eigenvalue weighted by Crippen LogP contribution is -2.13. The van der Waals surface area contributed by atoms with Crippen LogP contribution < -0.4 is 10.5 Å². The SMILES string of the molecule is NS(=O)(=O)c1cccc(CCNc2nc(-c3ccccn3)nc3sccc23)c1. The molecule has 0 radical (unpaired) electrons. The molecule has 4 aromatic rings. The van der Waals surface area contributed by atoms with Crippen LogP contribution in [0.15, 0.2) is 65.0 Å². The smallest absolute Gasteiger partial charge is 0.238 e. The summed E-state index contributed by atoms with van der Waals surface area (Å²) in [7, 11) is -3.71. The van der Waals surface area contributed by atoms with Crippen molar-refractivity contribution in [1.29, 1.82) is 0 Å². The normalized spacial score (nSPS) is 11.6. The summed E-state index contributed by atoms with van der Waals surface area (Å²) in [6.07, 6.45) is 2.33.